The van der Waals surface area contributed by atoms with Crippen LogP contribution in [0, 0.1) is 5.92 Å². The summed E-state index contributed by atoms with van der Waals surface area (Å²) < 4.78 is 0. The molecule has 4 N–H and O–H groups in total. The maximum atomic E-state index is 12.0. The number of benzene rings is 1. The zero-order chi connectivity index (χ0) is 14.8. The predicted octanol–water partition coefficient (Wildman–Crippen LogP) is 2.93. The Morgan fingerprint density at radius 2 is 1.67 bits per heavy atom. The van der Waals surface area contributed by atoms with Crippen molar-refractivity contribution in [1.29, 1.82) is 0 Å². The van der Waals surface area contributed by atoms with Gasteiger partial charge in [-0.15, -0.1) is 11.3 Å². The summed E-state index contributed by atoms with van der Waals surface area (Å²) in [5.41, 5.74) is 7.59. The molecule has 0 atom stereocenters. The van der Waals surface area contributed by atoms with Crippen LogP contribution in [-0.2, 0) is 4.79 Å². The fourth-order valence-corrected chi connectivity index (χ4v) is 2.63. The van der Waals surface area contributed by atoms with E-state index in [1.54, 1.807) is 35.7 Å². The van der Waals surface area contributed by atoms with E-state index in [4.69, 9.17) is 5.73 Å². The lowest BCUT2D eigenvalue weighted by molar-refractivity contribution is -0.117. The molecule has 5 nitrogen and oxygen atoms in total. The maximum absolute atomic E-state index is 12.0. The summed E-state index contributed by atoms with van der Waals surface area (Å²) >= 11 is 1.30. The second kappa shape index (κ2) is 5.57. The number of carbonyl (C=O) groups is 2. The van der Waals surface area contributed by atoms with E-state index in [0.29, 0.717) is 16.3 Å². The van der Waals surface area contributed by atoms with Gasteiger partial charge in [-0.05, 0) is 48.6 Å². The van der Waals surface area contributed by atoms with E-state index in [-0.39, 0.29) is 17.7 Å². The van der Waals surface area contributed by atoms with E-state index >= 15 is 0 Å². The molecule has 0 aliphatic heterocycles. The van der Waals surface area contributed by atoms with Crippen LogP contribution in [0.25, 0.3) is 0 Å². The third kappa shape index (κ3) is 3.22. The van der Waals surface area contributed by atoms with Gasteiger partial charge in [0, 0.05) is 17.3 Å². The van der Waals surface area contributed by atoms with E-state index in [0.717, 1.165) is 18.5 Å². The molecule has 1 aliphatic carbocycles. The van der Waals surface area contributed by atoms with Crippen LogP contribution >= 0.6 is 11.3 Å². The minimum absolute atomic E-state index is 0.0677. The smallest absolute Gasteiger partial charge is 0.267 e. The van der Waals surface area contributed by atoms with Gasteiger partial charge in [0.05, 0.1) is 5.69 Å². The summed E-state index contributed by atoms with van der Waals surface area (Å²) in [6.45, 7) is 0. The predicted molar refractivity (Wildman–Crippen MR) is 84.5 cm³/mol. The SMILES string of the molecule is Nc1ccsc1C(=O)Nc1ccc(NC(=O)C2CC2)cc1. The van der Waals surface area contributed by atoms with Crippen LogP contribution in [0.5, 0.6) is 0 Å². The maximum Gasteiger partial charge on any atom is 0.267 e. The largest absolute Gasteiger partial charge is 0.397 e. The number of amides is 2. The number of thiophene rings is 1. The van der Waals surface area contributed by atoms with E-state index in [2.05, 4.69) is 10.6 Å². The molecule has 1 heterocycles. The van der Waals surface area contributed by atoms with E-state index in [1.807, 2.05) is 0 Å². The molecule has 0 saturated heterocycles. The van der Waals surface area contributed by atoms with Crippen molar-refractivity contribution in [2.45, 2.75) is 12.8 Å². The first kappa shape index (κ1) is 13.6. The highest BCUT2D eigenvalue weighted by Gasteiger charge is 2.29. The van der Waals surface area contributed by atoms with Gasteiger partial charge < -0.3 is 16.4 Å². The second-order valence-corrected chi connectivity index (χ2v) is 5.92. The van der Waals surface area contributed by atoms with Crippen molar-refractivity contribution in [3.05, 3.63) is 40.6 Å². The molecule has 108 valence electrons. The molecule has 1 fully saturated rings. The third-order valence-corrected chi connectivity index (χ3v) is 4.19. The zero-order valence-electron chi connectivity index (χ0n) is 11.3. The lowest BCUT2D eigenvalue weighted by Gasteiger charge is -2.07. The van der Waals surface area contributed by atoms with Gasteiger partial charge in [-0.2, -0.15) is 0 Å². The second-order valence-electron chi connectivity index (χ2n) is 5.00. The van der Waals surface area contributed by atoms with Crippen LogP contribution in [0.1, 0.15) is 22.5 Å². The molecule has 1 aliphatic rings. The van der Waals surface area contributed by atoms with Crippen LogP contribution in [0.15, 0.2) is 35.7 Å². The lowest BCUT2D eigenvalue weighted by atomic mass is 10.2. The Morgan fingerprint density at radius 1 is 1.05 bits per heavy atom. The van der Waals surface area contributed by atoms with Crippen molar-refractivity contribution < 1.29 is 9.59 Å². The molecular formula is C15H15N3O2S. The molecule has 21 heavy (non-hydrogen) atoms. The van der Waals surface area contributed by atoms with E-state index < -0.39 is 0 Å². The molecule has 2 amide bonds. The van der Waals surface area contributed by atoms with Gasteiger partial charge in [-0.3, -0.25) is 9.59 Å². The Bertz CT molecular complexity index is 674. The van der Waals surface area contributed by atoms with Crippen molar-refractivity contribution in [1.82, 2.24) is 0 Å². The van der Waals surface area contributed by atoms with Crippen molar-refractivity contribution in [3.63, 3.8) is 0 Å². The Kier molecular flexibility index (Phi) is 3.62. The Balaban J connectivity index is 1.62. The fourth-order valence-electron chi connectivity index (χ4n) is 1.92. The summed E-state index contributed by atoms with van der Waals surface area (Å²) in [7, 11) is 0. The number of nitrogens with two attached hydrogens (primary N) is 1. The van der Waals surface area contributed by atoms with Gasteiger partial charge in [0.25, 0.3) is 5.91 Å². The fraction of sp³-hybridized carbons (Fsp3) is 0.200. The number of nitrogens with one attached hydrogen (secondary N) is 2. The van der Waals surface area contributed by atoms with Crippen LogP contribution in [0.4, 0.5) is 17.1 Å². The molecule has 1 aromatic carbocycles. The number of carbonyl (C=O) groups excluding carboxylic acids is 2. The molecule has 0 spiro atoms. The van der Waals surface area contributed by atoms with Gasteiger partial charge in [0.15, 0.2) is 0 Å². The molecule has 3 rings (SSSR count). The van der Waals surface area contributed by atoms with Crippen molar-refractivity contribution in [2.75, 3.05) is 16.4 Å². The highest BCUT2D eigenvalue weighted by Crippen LogP contribution is 2.30. The summed E-state index contributed by atoms with van der Waals surface area (Å²) in [6.07, 6.45) is 1.95. The Labute approximate surface area is 126 Å². The normalized spacial score (nSPS) is 13.7. The summed E-state index contributed by atoms with van der Waals surface area (Å²) in [5, 5.41) is 7.41. The standard InChI is InChI=1S/C15H15N3O2S/c16-12-7-8-21-13(12)15(20)18-11-5-3-10(4-6-11)17-14(19)9-1-2-9/h3-9H,1-2,16H2,(H,17,19)(H,18,20). The topological polar surface area (TPSA) is 84.2 Å². The van der Waals surface area contributed by atoms with Gasteiger partial charge >= 0.3 is 0 Å². The van der Waals surface area contributed by atoms with Crippen LogP contribution < -0.4 is 16.4 Å². The van der Waals surface area contributed by atoms with Crippen LogP contribution in [0.3, 0.4) is 0 Å². The number of anilines is 3. The number of nitrogen functional groups attached to an aromatic ring is 1. The molecule has 0 bridgehead atoms. The summed E-state index contributed by atoms with van der Waals surface area (Å²) in [5.74, 6) is 0.0154. The van der Waals surface area contributed by atoms with Crippen molar-refractivity contribution in [3.8, 4) is 0 Å². The van der Waals surface area contributed by atoms with Crippen LogP contribution in [-0.4, -0.2) is 11.8 Å². The first-order valence-electron chi connectivity index (χ1n) is 6.69. The monoisotopic (exact) mass is 301 g/mol. The van der Waals surface area contributed by atoms with Gasteiger partial charge in [-0.1, -0.05) is 0 Å². The molecule has 0 radical (unpaired) electrons. The first-order valence-corrected chi connectivity index (χ1v) is 7.56. The highest BCUT2D eigenvalue weighted by atomic mass is 32.1. The number of rotatable bonds is 4. The minimum Gasteiger partial charge on any atom is -0.397 e. The number of hydrogen-bond acceptors (Lipinski definition) is 4. The van der Waals surface area contributed by atoms with Crippen LogP contribution in [0.2, 0.25) is 0 Å². The first-order chi connectivity index (χ1) is 10.1. The molecular weight excluding hydrogens is 286 g/mol. The Hall–Kier alpha value is -2.34. The average Bonchev–Trinajstić information content (AvgIpc) is 3.23. The van der Waals surface area contributed by atoms with E-state index in [9.17, 15) is 9.59 Å². The molecule has 2 aromatic rings. The number of hydrogen-bond donors (Lipinski definition) is 3. The zero-order valence-corrected chi connectivity index (χ0v) is 12.1. The van der Waals surface area contributed by atoms with Crippen molar-refractivity contribution >= 4 is 40.2 Å². The molecule has 1 aromatic heterocycles. The molecule has 0 unspecified atom stereocenters. The molecule has 6 heteroatoms. The molecule has 1 saturated carbocycles. The van der Waals surface area contributed by atoms with Gasteiger partial charge in [0.1, 0.15) is 4.88 Å². The average molecular weight is 301 g/mol. The third-order valence-electron chi connectivity index (χ3n) is 3.26. The quantitative estimate of drug-likeness (QED) is 0.811. The summed E-state index contributed by atoms with van der Waals surface area (Å²) in [6, 6.07) is 8.76. The van der Waals surface area contributed by atoms with E-state index in [1.165, 1.54) is 11.3 Å². The minimum atomic E-state index is -0.225. The highest BCUT2D eigenvalue weighted by molar-refractivity contribution is 7.12. The van der Waals surface area contributed by atoms with Crippen molar-refractivity contribution in [2.24, 2.45) is 5.92 Å². The Morgan fingerprint density at radius 3 is 2.19 bits per heavy atom. The van der Waals surface area contributed by atoms with Gasteiger partial charge in [0.2, 0.25) is 5.91 Å². The van der Waals surface area contributed by atoms with Gasteiger partial charge in [-0.25, -0.2) is 0 Å². The summed E-state index contributed by atoms with van der Waals surface area (Å²) in [4.78, 5) is 24.1. The lowest BCUT2D eigenvalue weighted by Crippen LogP contribution is -2.14.